The molecule has 2 aromatic rings. The number of nitrogens with zero attached hydrogens (tertiary/aromatic N) is 1. The smallest absolute Gasteiger partial charge is 0.0765 e. The molecule has 1 aromatic carbocycles. The van der Waals surface area contributed by atoms with E-state index in [-0.39, 0.29) is 18.2 Å². The van der Waals surface area contributed by atoms with Crippen molar-refractivity contribution in [3.8, 4) is 0 Å². The van der Waals surface area contributed by atoms with E-state index in [9.17, 15) is 5.11 Å². The van der Waals surface area contributed by atoms with E-state index in [4.69, 9.17) is 17.3 Å². The van der Waals surface area contributed by atoms with Gasteiger partial charge < -0.3 is 16.2 Å². The highest BCUT2D eigenvalue weighted by molar-refractivity contribution is 6.35. The number of hydrogen-bond acceptors (Lipinski definition) is 4. The van der Waals surface area contributed by atoms with Crippen LogP contribution in [0.5, 0.6) is 0 Å². The molecule has 114 valence electrons. The molecule has 0 aliphatic rings. The Bertz CT molecular complexity index is 603. The number of fused-ring (bicyclic) bond motifs is 1. The zero-order valence-electron chi connectivity index (χ0n) is 12.4. The molecule has 0 amide bonds. The molecule has 4 nitrogen and oxygen atoms in total. The van der Waals surface area contributed by atoms with Gasteiger partial charge in [-0.1, -0.05) is 17.7 Å². The molecule has 4 N–H and O–H groups in total. The van der Waals surface area contributed by atoms with Gasteiger partial charge in [0.15, 0.2) is 0 Å². The number of rotatable bonds is 6. The van der Waals surface area contributed by atoms with Gasteiger partial charge in [0.05, 0.1) is 11.6 Å². The van der Waals surface area contributed by atoms with Gasteiger partial charge in [0.1, 0.15) is 0 Å². The molecule has 0 bridgehead atoms. The Morgan fingerprint density at radius 3 is 2.76 bits per heavy atom. The van der Waals surface area contributed by atoms with E-state index in [1.165, 1.54) is 0 Å². The number of hydrogen-bond donors (Lipinski definition) is 3. The first-order valence-electron chi connectivity index (χ1n) is 7.20. The molecule has 3 unspecified atom stereocenters. The first-order chi connectivity index (χ1) is 10.0. The highest BCUT2D eigenvalue weighted by atomic mass is 35.5. The van der Waals surface area contributed by atoms with Crippen LogP contribution in [-0.2, 0) is 0 Å². The standard InChI is InChI=1S/C16H22ClN3O/c1-10(8-11(2)21)20-15(9-18)13-5-6-14(17)12-4-3-7-19-16(12)13/h3-7,10-11,15,20-21H,8-9,18H2,1-2H3. The lowest BCUT2D eigenvalue weighted by Gasteiger charge is -2.24. The maximum Gasteiger partial charge on any atom is 0.0765 e. The molecule has 5 heteroatoms. The van der Waals surface area contributed by atoms with Crippen molar-refractivity contribution < 1.29 is 5.11 Å². The topological polar surface area (TPSA) is 71.2 Å². The fourth-order valence-corrected chi connectivity index (χ4v) is 2.86. The van der Waals surface area contributed by atoms with Crippen LogP contribution in [0.15, 0.2) is 30.5 Å². The molecule has 0 aliphatic heterocycles. The second-order valence-corrected chi connectivity index (χ2v) is 5.88. The van der Waals surface area contributed by atoms with E-state index in [2.05, 4.69) is 10.3 Å². The summed E-state index contributed by atoms with van der Waals surface area (Å²) in [7, 11) is 0. The summed E-state index contributed by atoms with van der Waals surface area (Å²) in [5.74, 6) is 0. The number of halogens is 1. The zero-order chi connectivity index (χ0) is 15.4. The molecule has 0 fully saturated rings. The van der Waals surface area contributed by atoms with E-state index in [0.717, 1.165) is 16.5 Å². The van der Waals surface area contributed by atoms with E-state index in [1.807, 2.05) is 31.2 Å². The number of nitrogens with one attached hydrogen (secondary N) is 1. The van der Waals surface area contributed by atoms with Gasteiger partial charge in [0.2, 0.25) is 0 Å². The highest BCUT2D eigenvalue weighted by Crippen LogP contribution is 2.28. The Kier molecular flexibility index (Phi) is 5.53. The van der Waals surface area contributed by atoms with Crippen molar-refractivity contribution in [3.63, 3.8) is 0 Å². The number of pyridine rings is 1. The predicted octanol–water partition coefficient (Wildman–Crippen LogP) is 2.64. The Morgan fingerprint density at radius 1 is 1.33 bits per heavy atom. The van der Waals surface area contributed by atoms with E-state index >= 15 is 0 Å². The minimum absolute atomic E-state index is 0.0200. The Labute approximate surface area is 130 Å². The third-order valence-electron chi connectivity index (χ3n) is 3.54. The lowest BCUT2D eigenvalue weighted by Crippen LogP contribution is -2.36. The third kappa shape index (κ3) is 3.92. The van der Waals surface area contributed by atoms with Crippen molar-refractivity contribution in [2.75, 3.05) is 6.54 Å². The van der Waals surface area contributed by atoms with Gasteiger partial charge >= 0.3 is 0 Å². The molecule has 1 aromatic heterocycles. The van der Waals surface area contributed by atoms with E-state index in [0.29, 0.717) is 18.0 Å². The quantitative estimate of drug-likeness (QED) is 0.767. The summed E-state index contributed by atoms with van der Waals surface area (Å²) < 4.78 is 0. The van der Waals surface area contributed by atoms with E-state index in [1.54, 1.807) is 13.1 Å². The van der Waals surface area contributed by atoms with Crippen LogP contribution in [0.2, 0.25) is 5.02 Å². The normalized spacial score (nSPS) is 15.9. The minimum Gasteiger partial charge on any atom is -0.393 e. The average Bonchev–Trinajstić information content (AvgIpc) is 2.45. The Morgan fingerprint density at radius 2 is 2.10 bits per heavy atom. The fraction of sp³-hybridized carbons (Fsp3) is 0.438. The van der Waals surface area contributed by atoms with Gasteiger partial charge in [-0.3, -0.25) is 4.98 Å². The molecule has 0 saturated carbocycles. The fourth-order valence-electron chi connectivity index (χ4n) is 2.65. The molecule has 2 rings (SSSR count). The minimum atomic E-state index is -0.342. The first-order valence-corrected chi connectivity index (χ1v) is 7.58. The summed E-state index contributed by atoms with van der Waals surface area (Å²) in [4.78, 5) is 4.45. The Balaban J connectivity index is 2.32. The molecule has 0 radical (unpaired) electrons. The van der Waals surface area contributed by atoms with Gasteiger partial charge in [0, 0.05) is 35.2 Å². The van der Waals surface area contributed by atoms with Crippen molar-refractivity contribution >= 4 is 22.5 Å². The van der Waals surface area contributed by atoms with Gasteiger partial charge in [-0.15, -0.1) is 0 Å². The van der Waals surface area contributed by atoms with Gasteiger partial charge in [-0.05, 0) is 44.0 Å². The Hall–Kier alpha value is -1.20. The van der Waals surface area contributed by atoms with Crippen LogP contribution < -0.4 is 11.1 Å². The van der Waals surface area contributed by atoms with Crippen LogP contribution >= 0.6 is 11.6 Å². The van der Waals surface area contributed by atoms with Crippen molar-refractivity contribution in [3.05, 3.63) is 41.0 Å². The van der Waals surface area contributed by atoms with Crippen LogP contribution in [0.1, 0.15) is 31.9 Å². The summed E-state index contributed by atoms with van der Waals surface area (Å²) in [5.41, 5.74) is 7.84. The van der Waals surface area contributed by atoms with Crippen molar-refractivity contribution in [1.82, 2.24) is 10.3 Å². The van der Waals surface area contributed by atoms with E-state index < -0.39 is 0 Å². The van der Waals surface area contributed by atoms with Crippen molar-refractivity contribution in [1.29, 1.82) is 0 Å². The van der Waals surface area contributed by atoms with Crippen molar-refractivity contribution in [2.24, 2.45) is 5.73 Å². The predicted molar refractivity (Wildman–Crippen MR) is 87.4 cm³/mol. The third-order valence-corrected chi connectivity index (χ3v) is 3.87. The summed E-state index contributed by atoms with van der Waals surface area (Å²) in [6.45, 7) is 4.28. The largest absolute Gasteiger partial charge is 0.393 e. The lowest BCUT2D eigenvalue weighted by molar-refractivity contribution is 0.168. The van der Waals surface area contributed by atoms with Crippen LogP contribution in [0, 0.1) is 0 Å². The monoisotopic (exact) mass is 307 g/mol. The second kappa shape index (κ2) is 7.18. The molecule has 0 saturated heterocycles. The maximum absolute atomic E-state index is 9.49. The molecular weight excluding hydrogens is 286 g/mol. The van der Waals surface area contributed by atoms with Gasteiger partial charge in [-0.25, -0.2) is 0 Å². The molecule has 3 atom stereocenters. The summed E-state index contributed by atoms with van der Waals surface area (Å²) in [5, 5.41) is 14.6. The molecule has 0 spiro atoms. The summed E-state index contributed by atoms with van der Waals surface area (Å²) in [6, 6.07) is 7.82. The number of aliphatic hydroxyl groups excluding tert-OH is 1. The first kappa shape index (κ1) is 16.2. The van der Waals surface area contributed by atoms with Gasteiger partial charge in [-0.2, -0.15) is 0 Å². The SMILES string of the molecule is CC(O)CC(C)NC(CN)c1ccc(Cl)c2cccnc12. The number of nitrogens with two attached hydrogens (primary N) is 1. The van der Waals surface area contributed by atoms with Crippen LogP contribution in [0.3, 0.4) is 0 Å². The number of aromatic nitrogens is 1. The van der Waals surface area contributed by atoms with Gasteiger partial charge in [0.25, 0.3) is 0 Å². The maximum atomic E-state index is 9.49. The summed E-state index contributed by atoms with van der Waals surface area (Å²) >= 11 is 6.23. The number of aliphatic hydroxyl groups is 1. The zero-order valence-corrected chi connectivity index (χ0v) is 13.1. The highest BCUT2D eigenvalue weighted by Gasteiger charge is 2.17. The second-order valence-electron chi connectivity index (χ2n) is 5.48. The molecule has 1 heterocycles. The molecule has 0 aliphatic carbocycles. The molecule has 21 heavy (non-hydrogen) atoms. The summed E-state index contributed by atoms with van der Waals surface area (Å²) in [6.07, 6.45) is 2.09. The molecular formula is C16H22ClN3O. The van der Waals surface area contributed by atoms with Crippen LogP contribution in [-0.4, -0.2) is 28.8 Å². The lowest BCUT2D eigenvalue weighted by atomic mass is 10.0. The number of benzene rings is 1. The van der Waals surface area contributed by atoms with Crippen LogP contribution in [0.4, 0.5) is 0 Å². The van der Waals surface area contributed by atoms with Crippen molar-refractivity contribution in [2.45, 2.75) is 38.5 Å². The van der Waals surface area contributed by atoms with Crippen LogP contribution in [0.25, 0.3) is 10.9 Å². The average molecular weight is 308 g/mol.